The molecule has 0 aliphatic rings. The predicted molar refractivity (Wildman–Crippen MR) is 96.8 cm³/mol. The lowest BCUT2D eigenvalue weighted by atomic mass is 10.0. The molecule has 0 saturated heterocycles. The van der Waals surface area contributed by atoms with Crippen molar-refractivity contribution in [1.82, 2.24) is 4.72 Å². The van der Waals surface area contributed by atoms with Crippen LogP contribution in [0.3, 0.4) is 0 Å². The molecule has 6 nitrogen and oxygen atoms in total. The summed E-state index contributed by atoms with van der Waals surface area (Å²) < 4.78 is 36.7. The van der Waals surface area contributed by atoms with Gasteiger partial charge in [0.1, 0.15) is 0 Å². The van der Waals surface area contributed by atoms with Crippen LogP contribution >= 0.6 is 0 Å². The predicted octanol–water partition coefficient (Wildman–Crippen LogP) is 2.58. The number of carbonyl (C=O) groups excluding carboxylic acids is 1. The van der Waals surface area contributed by atoms with Gasteiger partial charge in [0.15, 0.2) is 0 Å². The summed E-state index contributed by atoms with van der Waals surface area (Å²) in [7, 11) is -0.635. The zero-order valence-electron chi connectivity index (χ0n) is 15.1. The second kappa shape index (κ2) is 10.3. The van der Waals surface area contributed by atoms with Crippen LogP contribution < -0.4 is 4.72 Å². The highest BCUT2D eigenvalue weighted by atomic mass is 32.2. The maximum absolute atomic E-state index is 12.1. The van der Waals surface area contributed by atoms with E-state index < -0.39 is 16.0 Å². The number of aryl methyl sites for hydroxylation is 1. The van der Waals surface area contributed by atoms with Crippen LogP contribution in [0.15, 0.2) is 41.3 Å². The largest absolute Gasteiger partial charge is 0.466 e. The van der Waals surface area contributed by atoms with E-state index in [-0.39, 0.29) is 11.0 Å². The average molecular weight is 369 g/mol. The van der Waals surface area contributed by atoms with Gasteiger partial charge < -0.3 is 9.47 Å². The number of esters is 1. The number of benzene rings is 1. The zero-order chi connectivity index (χ0) is 18.9. The molecule has 0 saturated carbocycles. The second-order valence-electron chi connectivity index (χ2n) is 5.80. The Morgan fingerprint density at radius 3 is 2.36 bits per heavy atom. The van der Waals surface area contributed by atoms with E-state index in [1.807, 2.05) is 6.92 Å². The first-order valence-electron chi connectivity index (χ1n) is 8.18. The summed E-state index contributed by atoms with van der Waals surface area (Å²) in [5.41, 5.74) is 1.31. The molecule has 0 fully saturated rings. The Balaban J connectivity index is 2.32. The number of rotatable bonds is 11. The molecule has 0 aliphatic heterocycles. The van der Waals surface area contributed by atoms with E-state index in [4.69, 9.17) is 4.74 Å². The molecule has 0 amide bonds. The Kier molecular flexibility index (Phi) is 8.82. The molecule has 0 aliphatic carbocycles. The number of methoxy groups -OCH3 is 2. The topological polar surface area (TPSA) is 81.7 Å². The van der Waals surface area contributed by atoms with Crippen molar-refractivity contribution in [2.75, 3.05) is 20.8 Å². The third-order valence-electron chi connectivity index (χ3n) is 3.89. The zero-order valence-corrected chi connectivity index (χ0v) is 15.9. The molecular formula is C18H27NO5S. The molecule has 1 rings (SSSR count). The van der Waals surface area contributed by atoms with E-state index in [1.165, 1.54) is 14.2 Å². The van der Waals surface area contributed by atoms with E-state index in [1.54, 1.807) is 24.3 Å². The average Bonchev–Trinajstić information content (AvgIpc) is 2.60. The number of unbranched alkanes of at least 4 members (excludes halogenated alkanes) is 2. The molecule has 0 aromatic heterocycles. The van der Waals surface area contributed by atoms with Gasteiger partial charge in [-0.25, -0.2) is 17.9 Å². The Hall–Kier alpha value is -1.70. The Bertz CT molecular complexity index is 667. The third kappa shape index (κ3) is 6.97. The lowest BCUT2D eigenvalue weighted by molar-refractivity contribution is -0.137. The van der Waals surface area contributed by atoms with Gasteiger partial charge in [0.25, 0.3) is 0 Å². The molecule has 1 aromatic rings. The fraction of sp³-hybridized carbons (Fsp3) is 0.500. The SMILES string of the molecule is C=C(C(=O)OC)C(CCCCCNS(=O)(=O)c1ccc(C)cc1)OC. The van der Waals surface area contributed by atoms with Crippen molar-refractivity contribution in [3.63, 3.8) is 0 Å². The smallest absolute Gasteiger partial charge is 0.335 e. The molecule has 1 unspecified atom stereocenters. The minimum atomic E-state index is -3.46. The highest BCUT2D eigenvalue weighted by Gasteiger charge is 2.18. The first-order valence-corrected chi connectivity index (χ1v) is 9.66. The van der Waals surface area contributed by atoms with E-state index in [9.17, 15) is 13.2 Å². The minimum Gasteiger partial charge on any atom is -0.466 e. The van der Waals surface area contributed by atoms with Gasteiger partial charge in [-0.05, 0) is 31.9 Å². The fourth-order valence-electron chi connectivity index (χ4n) is 2.34. The number of sulfonamides is 1. The normalized spacial score (nSPS) is 12.6. The molecular weight excluding hydrogens is 342 g/mol. The monoisotopic (exact) mass is 369 g/mol. The summed E-state index contributed by atoms with van der Waals surface area (Å²) in [6, 6.07) is 6.74. The fourth-order valence-corrected chi connectivity index (χ4v) is 3.41. The number of carbonyl (C=O) groups is 1. The molecule has 25 heavy (non-hydrogen) atoms. The lowest BCUT2D eigenvalue weighted by Gasteiger charge is -2.16. The third-order valence-corrected chi connectivity index (χ3v) is 5.36. The molecule has 0 heterocycles. The highest BCUT2D eigenvalue weighted by Crippen LogP contribution is 2.15. The summed E-state index contributed by atoms with van der Waals surface area (Å²) in [5, 5.41) is 0. The first kappa shape index (κ1) is 21.3. The first-order chi connectivity index (χ1) is 11.8. The van der Waals surface area contributed by atoms with Crippen molar-refractivity contribution in [1.29, 1.82) is 0 Å². The van der Waals surface area contributed by atoms with Gasteiger partial charge in [-0.3, -0.25) is 0 Å². The van der Waals surface area contributed by atoms with Crippen LogP contribution in [0.1, 0.15) is 31.2 Å². The van der Waals surface area contributed by atoms with Crippen LogP contribution in [0.5, 0.6) is 0 Å². The van der Waals surface area contributed by atoms with Crippen LogP contribution in [-0.2, 0) is 24.3 Å². The van der Waals surface area contributed by atoms with Gasteiger partial charge in [-0.15, -0.1) is 0 Å². The highest BCUT2D eigenvalue weighted by molar-refractivity contribution is 7.89. The van der Waals surface area contributed by atoms with E-state index in [0.29, 0.717) is 25.0 Å². The van der Waals surface area contributed by atoms with Crippen LogP contribution in [0, 0.1) is 6.92 Å². The maximum Gasteiger partial charge on any atom is 0.335 e. The Morgan fingerprint density at radius 2 is 1.80 bits per heavy atom. The molecule has 0 bridgehead atoms. The summed E-state index contributed by atoms with van der Waals surface area (Å²) in [6.45, 7) is 5.97. The van der Waals surface area contributed by atoms with Gasteiger partial charge in [0.05, 0.1) is 23.7 Å². The summed E-state index contributed by atoms with van der Waals surface area (Å²) >= 11 is 0. The Morgan fingerprint density at radius 1 is 1.16 bits per heavy atom. The van der Waals surface area contributed by atoms with Crippen LogP contribution in [0.4, 0.5) is 0 Å². The van der Waals surface area contributed by atoms with E-state index >= 15 is 0 Å². The van der Waals surface area contributed by atoms with Gasteiger partial charge in [-0.1, -0.05) is 37.1 Å². The standard InChI is InChI=1S/C18H27NO5S/c1-14-9-11-16(12-10-14)25(21,22)19-13-7-5-6-8-17(23-3)15(2)18(20)24-4/h9-12,17,19H,2,5-8,13H2,1,3-4H3. The number of hydrogen-bond acceptors (Lipinski definition) is 5. The summed E-state index contributed by atoms with van der Waals surface area (Å²) in [5.74, 6) is -0.474. The molecule has 7 heteroatoms. The van der Waals surface area contributed by atoms with Gasteiger partial charge in [0, 0.05) is 13.7 Å². The van der Waals surface area contributed by atoms with Gasteiger partial charge >= 0.3 is 5.97 Å². The summed E-state index contributed by atoms with van der Waals surface area (Å²) in [4.78, 5) is 11.7. The van der Waals surface area contributed by atoms with Crippen molar-refractivity contribution in [3.05, 3.63) is 42.0 Å². The molecule has 0 radical (unpaired) electrons. The molecule has 1 atom stereocenters. The van der Waals surface area contributed by atoms with Gasteiger partial charge in [0.2, 0.25) is 10.0 Å². The van der Waals surface area contributed by atoms with Crippen LogP contribution in [0.2, 0.25) is 0 Å². The van der Waals surface area contributed by atoms with E-state index in [0.717, 1.165) is 18.4 Å². The number of hydrogen-bond donors (Lipinski definition) is 1. The van der Waals surface area contributed by atoms with Crippen LogP contribution in [0.25, 0.3) is 0 Å². The van der Waals surface area contributed by atoms with Crippen molar-refractivity contribution in [2.45, 2.75) is 43.6 Å². The molecule has 0 spiro atoms. The number of ether oxygens (including phenoxy) is 2. The van der Waals surface area contributed by atoms with Crippen LogP contribution in [-0.4, -0.2) is 41.3 Å². The molecule has 1 N–H and O–H groups in total. The van der Waals surface area contributed by atoms with Crippen molar-refractivity contribution in [2.24, 2.45) is 0 Å². The second-order valence-corrected chi connectivity index (χ2v) is 7.57. The quantitative estimate of drug-likeness (QED) is 0.368. The van der Waals surface area contributed by atoms with Gasteiger partial charge in [-0.2, -0.15) is 0 Å². The Labute approximate surface area is 150 Å². The lowest BCUT2D eigenvalue weighted by Crippen LogP contribution is -2.25. The maximum atomic E-state index is 12.1. The van der Waals surface area contributed by atoms with Crippen molar-refractivity contribution >= 4 is 16.0 Å². The minimum absolute atomic E-state index is 0.270. The summed E-state index contributed by atoms with van der Waals surface area (Å²) in [6.07, 6.45) is 2.56. The van der Waals surface area contributed by atoms with Crippen molar-refractivity contribution in [3.8, 4) is 0 Å². The molecule has 140 valence electrons. The number of nitrogens with one attached hydrogen (secondary N) is 1. The van der Waals surface area contributed by atoms with E-state index in [2.05, 4.69) is 16.0 Å². The van der Waals surface area contributed by atoms with Crippen molar-refractivity contribution < 1.29 is 22.7 Å². The molecule has 1 aromatic carbocycles.